The molecule has 1 heterocycles. The molecule has 1 aliphatic heterocycles. The summed E-state index contributed by atoms with van der Waals surface area (Å²) in [6, 6.07) is 0.375. The van der Waals surface area contributed by atoms with Gasteiger partial charge >= 0.3 is 0 Å². The van der Waals surface area contributed by atoms with E-state index in [0.717, 1.165) is 13.0 Å². The van der Waals surface area contributed by atoms with Crippen LogP contribution in [0.1, 0.15) is 27.2 Å². The smallest absolute Gasteiger partial charge is 0.0683 e. The number of aliphatic hydroxyl groups excluding tert-OH is 1. The van der Waals surface area contributed by atoms with Gasteiger partial charge in [-0.15, -0.1) is 0 Å². The van der Waals surface area contributed by atoms with Crippen LogP contribution >= 0.6 is 0 Å². The SMILES string of the molecule is COC[C@H]1C[C@H](O)CN1C(C)(C)C. The predicted octanol–water partition coefficient (Wildman–Crippen LogP) is 0.866. The Balaban J connectivity index is 2.60. The molecule has 2 atom stereocenters. The van der Waals surface area contributed by atoms with Crippen LogP contribution in [-0.2, 0) is 4.74 Å². The van der Waals surface area contributed by atoms with E-state index in [1.54, 1.807) is 7.11 Å². The maximum absolute atomic E-state index is 9.56. The van der Waals surface area contributed by atoms with E-state index in [1.165, 1.54) is 0 Å². The van der Waals surface area contributed by atoms with Gasteiger partial charge in [0.2, 0.25) is 0 Å². The number of methoxy groups -OCH3 is 1. The van der Waals surface area contributed by atoms with E-state index >= 15 is 0 Å². The zero-order chi connectivity index (χ0) is 10.1. The average molecular weight is 187 g/mol. The predicted molar refractivity (Wildman–Crippen MR) is 52.7 cm³/mol. The number of aliphatic hydroxyl groups is 1. The van der Waals surface area contributed by atoms with Gasteiger partial charge < -0.3 is 9.84 Å². The van der Waals surface area contributed by atoms with Crippen LogP contribution < -0.4 is 0 Å². The summed E-state index contributed by atoms with van der Waals surface area (Å²) in [4.78, 5) is 2.32. The van der Waals surface area contributed by atoms with Crippen LogP contribution in [0.2, 0.25) is 0 Å². The Morgan fingerprint density at radius 2 is 2.08 bits per heavy atom. The third-order valence-electron chi connectivity index (χ3n) is 2.61. The number of β-amino-alcohol motifs (C(OH)–C–C–N with tert-alkyl or cyclic N) is 1. The monoisotopic (exact) mass is 187 g/mol. The van der Waals surface area contributed by atoms with Crippen LogP contribution in [0.4, 0.5) is 0 Å². The highest BCUT2D eigenvalue weighted by atomic mass is 16.5. The number of hydrogen-bond acceptors (Lipinski definition) is 3. The van der Waals surface area contributed by atoms with Crippen molar-refractivity contribution in [2.24, 2.45) is 0 Å². The number of ether oxygens (including phenoxy) is 1. The van der Waals surface area contributed by atoms with E-state index in [4.69, 9.17) is 4.74 Å². The maximum Gasteiger partial charge on any atom is 0.0683 e. The number of likely N-dealkylation sites (tertiary alicyclic amines) is 1. The molecule has 1 rings (SSSR count). The molecule has 1 aliphatic rings. The van der Waals surface area contributed by atoms with Gasteiger partial charge in [0, 0.05) is 25.2 Å². The summed E-state index contributed by atoms with van der Waals surface area (Å²) < 4.78 is 5.15. The van der Waals surface area contributed by atoms with Crippen molar-refractivity contribution in [3.63, 3.8) is 0 Å². The fraction of sp³-hybridized carbons (Fsp3) is 1.00. The van der Waals surface area contributed by atoms with Crippen LogP contribution in [0.15, 0.2) is 0 Å². The Labute approximate surface area is 80.7 Å². The average Bonchev–Trinajstić information content (AvgIpc) is 2.30. The molecule has 1 N–H and O–H groups in total. The molecule has 13 heavy (non-hydrogen) atoms. The first kappa shape index (κ1) is 11.0. The zero-order valence-electron chi connectivity index (χ0n) is 9.08. The molecule has 0 saturated carbocycles. The molecule has 0 amide bonds. The lowest BCUT2D eigenvalue weighted by Crippen LogP contribution is -2.46. The number of rotatable bonds is 2. The molecule has 0 aromatic heterocycles. The normalized spacial score (nSPS) is 31.2. The van der Waals surface area contributed by atoms with E-state index in [9.17, 15) is 5.11 Å². The first-order chi connectivity index (χ1) is 5.95. The van der Waals surface area contributed by atoms with E-state index < -0.39 is 0 Å². The van der Waals surface area contributed by atoms with Gasteiger partial charge in [0.15, 0.2) is 0 Å². The molecule has 0 aromatic carbocycles. The lowest BCUT2D eigenvalue weighted by atomic mass is 10.1. The summed E-state index contributed by atoms with van der Waals surface area (Å²) in [7, 11) is 1.71. The summed E-state index contributed by atoms with van der Waals surface area (Å²) in [5.74, 6) is 0. The molecule has 78 valence electrons. The molecule has 0 bridgehead atoms. The minimum Gasteiger partial charge on any atom is -0.392 e. The Bertz CT molecular complexity index is 165. The molecule has 0 aliphatic carbocycles. The summed E-state index contributed by atoms with van der Waals surface area (Å²) in [5.41, 5.74) is 0.126. The second-order valence-electron chi connectivity index (χ2n) is 4.82. The standard InChI is InChI=1S/C10H21NO2/c1-10(2,3)11-6-9(12)5-8(11)7-13-4/h8-9,12H,5-7H2,1-4H3/t8-,9+/m1/s1. The third-order valence-corrected chi connectivity index (χ3v) is 2.61. The van der Waals surface area contributed by atoms with Gasteiger partial charge in [0.1, 0.15) is 0 Å². The number of nitrogens with zero attached hydrogens (tertiary/aromatic N) is 1. The molecule has 3 heteroatoms. The molecule has 3 nitrogen and oxygen atoms in total. The second kappa shape index (κ2) is 3.95. The molecule has 1 saturated heterocycles. The Morgan fingerprint density at radius 1 is 1.46 bits per heavy atom. The van der Waals surface area contributed by atoms with E-state index in [-0.39, 0.29) is 11.6 Å². The molecule has 1 fully saturated rings. The zero-order valence-corrected chi connectivity index (χ0v) is 9.08. The van der Waals surface area contributed by atoms with Crippen LogP contribution in [0.5, 0.6) is 0 Å². The van der Waals surface area contributed by atoms with Crippen molar-refractivity contribution in [1.82, 2.24) is 4.90 Å². The summed E-state index contributed by atoms with van der Waals surface area (Å²) in [5, 5.41) is 9.56. The largest absolute Gasteiger partial charge is 0.392 e. The van der Waals surface area contributed by atoms with E-state index in [0.29, 0.717) is 12.6 Å². The van der Waals surface area contributed by atoms with Crippen LogP contribution in [0.25, 0.3) is 0 Å². The van der Waals surface area contributed by atoms with E-state index in [2.05, 4.69) is 25.7 Å². The van der Waals surface area contributed by atoms with Crippen molar-refractivity contribution >= 4 is 0 Å². The van der Waals surface area contributed by atoms with Crippen molar-refractivity contribution in [3.05, 3.63) is 0 Å². The molecular weight excluding hydrogens is 166 g/mol. The van der Waals surface area contributed by atoms with Crippen LogP contribution in [0, 0.1) is 0 Å². The van der Waals surface area contributed by atoms with Crippen molar-refractivity contribution < 1.29 is 9.84 Å². The highest BCUT2D eigenvalue weighted by molar-refractivity contribution is 4.91. The van der Waals surface area contributed by atoms with Crippen LogP contribution in [0.3, 0.4) is 0 Å². The van der Waals surface area contributed by atoms with Gasteiger partial charge in [-0.2, -0.15) is 0 Å². The Morgan fingerprint density at radius 3 is 2.54 bits per heavy atom. The van der Waals surface area contributed by atoms with Gasteiger partial charge in [-0.1, -0.05) is 0 Å². The van der Waals surface area contributed by atoms with Gasteiger partial charge in [0.25, 0.3) is 0 Å². The van der Waals surface area contributed by atoms with Gasteiger partial charge in [0.05, 0.1) is 12.7 Å². The molecule has 0 aromatic rings. The summed E-state index contributed by atoms with van der Waals surface area (Å²) in [6.45, 7) is 8.01. The second-order valence-corrected chi connectivity index (χ2v) is 4.82. The fourth-order valence-corrected chi connectivity index (χ4v) is 2.06. The van der Waals surface area contributed by atoms with Crippen molar-refractivity contribution in [3.8, 4) is 0 Å². The lowest BCUT2D eigenvalue weighted by molar-refractivity contribution is 0.0577. The quantitative estimate of drug-likeness (QED) is 0.696. The van der Waals surface area contributed by atoms with Gasteiger partial charge in [-0.05, 0) is 27.2 Å². The van der Waals surface area contributed by atoms with Crippen LogP contribution in [-0.4, -0.2) is 48.0 Å². The molecule has 0 unspecified atom stereocenters. The molecular formula is C10H21NO2. The third kappa shape index (κ3) is 2.66. The minimum atomic E-state index is -0.181. The van der Waals surface area contributed by atoms with Crippen molar-refractivity contribution in [2.45, 2.75) is 44.9 Å². The Kier molecular flexibility index (Phi) is 3.33. The highest BCUT2D eigenvalue weighted by Crippen LogP contribution is 2.26. The Hall–Kier alpha value is -0.120. The topological polar surface area (TPSA) is 32.7 Å². The minimum absolute atomic E-state index is 0.126. The summed E-state index contributed by atoms with van der Waals surface area (Å²) in [6.07, 6.45) is 0.657. The first-order valence-corrected chi connectivity index (χ1v) is 4.89. The lowest BCUT2D eigenvalue weighted by Gasteiger charge is -2.36. The molecule has 0 radical (unpaired) electrons. The van der Waals surface area contributed by atoms with Crippen molar-refractivity contribution in [1.29, 1.82) is 0 Å². The molecule has 0 spiro atoms. The van der Waals surface area contributed by atoms with Crippen molar-refractivity contribution in [2.75, 3.05) is 20.3 Å². The number of hydrogen-bond donors (Lipinski definition) is 1. The fourth-order valence-electron chi connectivity index (χ4n) is 2.06. The van der Waals surface area contributed by atoms with Gasteiger partial charge in [-0.25, -0.2) is 0 Å². The highest BCUT2D eigenvalue weighted by Gasteiger charge is 2.37. The first-order valence-electron chi connectivity index (χ1n) is 4.89. The maximum atomic E-state index is 9.56. The van der Waals surface area contributed by atoms with E-state index in [1.807, 2.05) is 0 Å². The summed E-state index contributed by atoms with van der Waals surface area (Å²) >= 11 is 0. The van der Waals surface area contributed by atoms with Gasteiger partial charge in [-0.3, -0.25) is 4.90 Å².